The van der Waals surface area contributed by atoms with Gasteiger partial charge in [0.1, 0.15) is 23.5 Å². The number of carboxylic acids is 1. The zero-order chi connectivity index (χ0) is 18.8. The SMILES string of the molecule is CC(=O)c1ccccc1O[C@@H]1C[C@@H](C(=O)O)N(C(=O)OC(C)(C)C)C1. The van der Waals surface area contributed by atoms with E-state index in [1.807, 2.05) is 0 Å². The topological polar surface area (TPSA) is 93.1 Å². The largest absolute Gasteiger partial charge is 0.488 e. The van der Waals surface area contributed by atoms with E-state index in [9.17, 15) is 19.5 Å². The lowest BCUT2D eigenvalue weighted by atomic mass is 10.1. The Morgan fingerprint density at radius 1 is 1.20 bits per heavy atom. The van der Waals surface area contributed by atoms with E-state index in [-0.39, 0.29) is 18.7 Å². The maximum Gasteiger partial charge on any atom is 0.411 e. The minimum absolute atomic E-state index is 0.0815. The second-order valence-electron chi connectivity index (χ2n) is 7.01. The number of hydrogen-bond donors (Lipinski definition) is 1. The van der Waals surface area contributed by atoms with Crippen LogP contribution in [0.25, 0.3) is 0 Å². The molecule has 0 bridgehead atoms. The Hall–Kier alpha value is -2.57. The van der Waals surface area contributed by atoms with E-state index in [1.54, 1.807) is 45.0 Å². The van der Waals surface area contributed by atoms with Crippen molar-refractivity contribution in [3.05, 3.63) is 29.8 Å². The van der Waals surface area contributed by atoms with Gasteiger partial charge in [-0.3, -0.25) is 9.69 Å². The summed E-state index contributed by atoms with van der Waals surface area (Å²) in [7, 11) is 0. The molecule has 1 amide bonds. The van der Waals surface area contributed by atoms with Crippen LogP contribution in [0.3, 0.4) is 0 Å². The number of aliphatic carboxylic acids is 1. The van der Waals surface area contributed by atoms with Crippen LogP contribution in [0, 0.1) is 0 Å². The van der Waals surface area contributed by atoms with Gasteiger partial charge in [-0.1, -0.05) is 12.1 Å². The molecule has 0 spiro atoms. The van der Waals surface area contributed by atoms with E-state index in [2.05, 4.69) is 0 Å². The Morgan fingerprint density at radius 3 is 2.40 bits per heavy atom. The summed E-state index contributed by atoms with van der Waals surface area (Å²) in [6.45, 7) is 6.66. The van der Waals surface area contributed by atoms with Crippen LogP contribution >= 0.6 is 0 Å². The second-order valence-corrected chi connectivity index (χ2v) is 7.01. The number of carboxylic acid groups (broad SMARTS) is 1. The highest BCUT2D eigenvalue weighted by Crippen LogP contribution is 2.27. The molecular weight excluding hydrogens is 326 g/mol. The highest BCUT2D eigenvalue weighted by molar-refractivity contribution is 5.96. The van der Waals surface area contributed by atoms with Gasteiger partial charge in [-0.25, -0.2) is 9.59 Å². The van der Waals surface area contributed by atoms with Gasteiger partial charge in [0.25, 0.3) is 0 Å². The molecule has 1 heterocycles. The Kier molecular flexibility index (Phi) is 5.35. The van der Waals surface area contributed by atoms with Crippen molar-refractivity contribution in [3.8, 4) is 5.75 Å². The van der Waals surface area contributed by atoms with Crippen molar-refractivity contribution >= 4 is 17.8 Å². The van der Waals surface area contributed by atoms with Gasteiger partial charge in [-0.05, 0) is 39.8 Å². The monoisotopic (exact) mass is 349 g/mol. The molecule has 0 aromatic heterocycles. The molecule has 1 aliphatic rings. The molecule has 1 fully saturated rings. The highest BCUT2D eigenvalue weighted by Gasteiger charge is 2.42. The van der Waals surface area contributed by atoms with E-state index in [0.717, 1.165) is 4.90 Å². The first-order chi connectivity index (χ1) is 11.6. The van der Waals surface area contributed by atoms with Crippen LogP contribution in [-0.4, -0.2) is 52.1 Å². The van der Waals surface area contributed by atoms with Crippen LogP contribution in [0.4, 0.5) is 4.79 Å². The summed E-state index contributed by atoms with van der Waals surface area (Å²) in [5.41, 5.74) is -0.301. The number of carbonyl (C=O) groups is 3. The molecule has 25 heavy (non-hydrogen) atoms. The fraction of sp³-hybridized carbons (Fsp3) is 0.500. The number of nitrogens with zero attached hydrogens (tertiary/aromatic N) is 1. The Bertz CT molecular complexity index is 678. The summed E-state index contributed by atoms with van der Waals surface area (Å²) in [5.74, 6) is -0.876. The molecule has 1 aliphatic heterocycles. The standard InChI is InChI=1S/C18H23NO6/c1-11(20)13-7-5-6-8-15(13)24-12-9-14(16(21)22)19(10-12)17(23)25-18(2,3)4/h5-8,12,14H,9-10H2,1-4H3,(H,21,22)/t12-,14+/m1/s1. The molecule has 1 N–H and O–H groups in total. The molecule has 0 saturated carbocycles. The van der Waals surface area contributed by atoms with Crippen LogP contribution in [0.15, 0.2) is 24.3 Å². The number of rotatable bonds is 4. The smallest absolute Gasteiger partial charge is 0.411 e. The van der Waals surface area contributed by atoms with Crippen molar-refractivity contribution in [2.75, 3.05) is 6.54 Å². The van der Waals surface area contributed by atoms with Gasteiger partial charge in [0.05, 0.1) is 12.1 Å². The van der Waals surface area contributed by atoms with E-state index < -0.39 is 29.8 Å². The highest BCUT2D eigenvalue weighted by atomic mass is 16.6. The summed E-state index contributed by atoms with van der Waals surface area (Å²) in [5, 5.41) is 9.40. The molecule has 7 nitrogen and oxygen atoms in total. The quantitative estimate of drug-likeness (QED) is 0.840. The minimum Gasteiger partial charge on any atom is -0.488 e. The first-order valence-electron chi connectivity index (χ1n) is 8.07. The summed E-state index contributed by atoms with van der Waals surface area (Å²) < 4.78 is 11.1. The maximum absolute atomic E-state index is 12.3. The van der Waals surface area contributed by atoms with Crippen LogP contribution < -0.4 is 4.74 Å². The van der Waals surface area contributed by atoms with Crippen molar-refractivity contribution in [1.29, 1.82) is 0 Å². The van der Waals surface area contributed by atoms with Gasteiger partial charge in [-0.2, -0.15) is 0 Å². The molecular formula is C18H23NO6. The predicted octanol–water partition coefficient (Wildman–Crippen LogP) is 2.73. The summed E-state index contributed by atoms with van der Waals surface area (Å²) in [6, 6.07) is 5.74. The van der Waals surface area contributed by atoms with Crippen LogP contribution in [-0.2, 0) is 9.53 Å². The number of para-hydroxylation sites is 1. The third kappa shape index (κ3) is 4.71. The molecule has 0 aliphatic carbocycles. The van der Waals surface area contributed by atoms with Gasteiger partial charge in [0.2, 0.25) is 0 Å². The number of carbonyl (C=O) groups excluding carboxylic acids is 2. The number of Topliss-reactive ketones (excluding diaryl/α,β-unsaturated/α-hetero) is 1. The molecule has 1 aromatic rings. The third-order valence-corrected chi connectivity index (χ3v) is 3.74. The van der Waals surface area contributed by atoms with Crippen molar-refractivity contribution in [2.45, 2.75) is 51.9 Å². The third-order valence-electron chi connectivity index (χ3n) is 3.74. The average molecular weight is 349 g/mol. The molecule has 2 atom stereocenters. The van der Waals surface area contributed by atoms with E-state index >= 15 is 0 Å². The fourth-order valence-electron chi connectivity index (χ4n) is 2.68. The zero-order valence-corrected chi connectivity index (χ0v) is 14.8. The van der Waals surface area contributed by atoms with Crippen molar-refractivity contribution in [1.82, 2.24) is 4.90 Å². The number of likely N-dealkylation sites (tertiary alicyclic amines) is 1. The van der Waals surface area contributed by atoms with E-state index in [1.165, 1.54) is 6.92 Å². The van der Waals surface area contributed by atoms with E-state index in [4.69, 9.17) is 9.47 Å². The Balaban J connectivity index is 2.16. The lowest BCUT2D eigenvalue weighted by molar-refractivity contribution is -0.142. The maximum atomic E-state index is 12.3. The first kappa shape index (κ1) is 18.8. The number of hydrogen-bond acceptors (Lipinski definition) is 5. The molecule has 1 aromatic carbocycles. The number of benzene rings is 1. The number of ether oxygens (including phenoxy) is 2. The lowest BCUT2D eigenvalue weighted by Gasteiger charge is -2.26. The van der Waals surface area contributed by atoms with Gasteiger partial charge < -0.3 is 14.6 Å². The van der Waals surface area contributed by atoms with Crippen LogP contribution in [0.5, 0.6) is 5.75 Å². The van der Waals surface area contributed by atoms with Crippen LogP contribution in [0.1, 0.15) is 44.5 Å². The molecule has 1 saturated heterocycles. The van der Waals surface area contributed by atoms with Crippen molar-refractivity contribution < 1.29 is 29.0 Å². The second kappa shape index (κ2) is 7.13. The predicted molar refractivity (Wildman–Crippen MR) is 89.8 cm³/mol. The Labute approximate surface area is 146 Å². The number of amides is 1. The summed E-state index contributed by atoms with van der Waals surface area (Å²) in [6.07, 6.45) is -1.10. The van der Waals surface area contributed by atoms with Gasteiger partial charge in [0, 0.05) is 6.42 Å². The summed E-state index contributed by atoms with van der Waals surface area (Å²) >= 11 is 0. The van der Waals surface area contributed by atoms with Gasteiger partial charge in [0.15, 0.2) is 5.78 Å². The fourth-order valence-corrected chi connectivity index (χ4v) is 2.68. The van der Waals surface area contributed by atoms with Crippen molar-refractivity contribution in [2.24, 2.45) is 0 Å². The summed E-state index contributed by atoms with van der Waals surface area (Å²) in [4.78, 5) is 36.6. The Morgan fingerprint density at radius 2 is 1.84 bits per heavy atom. The molecule has 2 rings (SSSR count). The molecule has 0 unspecified atom stereocenters. The minimum atomic E-state index is -1.11. The first-order valence-corrected chi connectivity index (χ1v) is 8.07. The van der Waals surface area contributed by atoms with E-state index in [0.29, 0.717) is 11.3 Å². The van der Waals surface area contributed by atoms with Crippen molar-refractivity contribution in [3.63, 3.8) is 0 Å². The van der Waals surface area contributed by atoms with Gasteiger partial charge in [-0.15, -0.1) is 0 Å². The van der Waals surface area contributed by atoms with Gasteiger partial charge >= 0.3 is 12.1 Å². The zero-order valence-electron chi connectivity index (χ0n) is 14.8. The molecule has 7 heteroatoms. The average Bonchev–Trinajstić information content (AvgIpc) is 2.90. The molecule has 136 valence electrons. The number of ketones is 1. The molecule has 0 radical (unpaired) electrons. The normalized spacial score (nSPS) is 20.2. The lowest BCUT2D eigenvalue weighted by Crippen LogP contribution is -2.43. The van der Waals surface area contributed by atoms with Crippen LogP contribution in [0.2, 0.25) is 0 Å².